The fourth-order valence-electron chi connectivity index (χ4n) is 5.96. The highest BCUT2D eigenvalue weighted by atomic mass is 16.4. The van der Waals surface area contributed by atoms with E-state index in [-0.39, 0.29) is 6.42 Å². The first-order valence-electron chi connectivity index (χ1n) is 14.6. The Labute approximate surface area is 222 Å². The summed E-state index contributed by atoms with van der Waals surface area (Å²) in [6.07, 6.45) is 13.0. The van der Waals surface area contributed by atoms with E-state index in [1.54, 1.807) is 0 Å². The van der Waals surface area contributed by atoms with Gasteiger partial charge in [0, 0.05) is 50.9 Å². The number of hydrogen-bond donors (Lipinski definition) is 5. The average molecular weight is 517 g/mol. The van der Waals surface area contributed by atoms with E-state index >= 15 is 0 Å². The van der Waals surface area contributed by atoms with Crippen molar-refractivity contribution >= 4 is 23.6 Å². The topological polar surface area (TPSA) is 132 Å². The molecular weight excluding hydrogens is 468 g/mol. The Morgan fingerprint density at radius 3 is 2.46 bits per heavy atom. The first-order valence-corrected chi connectivity index (χ1v) is 14.6. The molecule has 6 N–H and O–H groups in total. The largest absolute Gasteiger partial charge is 0.481 e. The zero-order valence-electron chi connectivity index (χ0n) is 22.5. The number of piperazine rings is 1. The first-order chi connectivity index (χ1) is 18.0. The van der Waals surface area contributed by atoms with Crippen molar-refractivity contribution in [3.05, 3.63) is 6.07 Å². The second-order valence-electron chi connectivity index (χ2n) is 11.2. The Kier molecular flexibility index (Phi) is 11.1. The van der Waals surface area contributed by atoms with Crippen molar-refractivity contribution in [3.63, 3.8) is 0 Å². The molecule has 2 heterocycles. The molecular formula is C27H48N8O2. The smallest absolute Gasteiger partial charge is 0.304 e. The van der Waals surface area contributed by atoms with Gasteiger partial charge in [-0.15, -0.1) is 0 Å². The van der Waals surface area contributed by atoms with Crippen LogP contribution < -0.4 is 26.6 Å². The van der Waals surface area contributed by atoms with Gasteiger partial charge in [-0.25, -0.2) is 0 Å². The monoisotopic (exact) mass is 516 g/mol. The van der Waals surface area contributed by atoms with E-state index in [1.165, 1.54) is 51.4 Å². The van der Waals surface area contributed by atoms with E-state index in [9.17, 15) is 4.79 Å². The molecule has 1 aromatic heterocycles. The maximum absolute atomic E-state index is 10.8. The molecule has 0 bridgehead atoms. The van der Waals surface area contributed by atoms with Crippen molar-refractivity contribution in [2.24, 2.45) is 5.92 Å². The van der Waals surface area contributed by atoms with Crippen molar-refractivity contribution in [1.29, 1.82) is 0 Å². The number of rotatable bonds is 13. The molecule has 10 nitrogen and oxygen atoms in total. The summed E-state index contributed by atoms with van der Waals surface area (Å²) in [5.74, 6) is 1.96. The Morgan fingerprint density at radius 2 is 1.73 bits per heavy atom. The summed E-state index contributed by atoms with van der Waals surface area (Å²) >= 11 is 0. The predicted octanol–water partition coefficient (Wildman–Crippen LogP) is 2.53. The van der Waals surface area contributed by atoms with Crippen LogP contribution >= 0.6 is 0 Å². The third-order valence-corrected chi connectivity index (χ3v) is 8.25. The Hall–Kier alpha value is -2.17. The van der Waals surface area contributed by atoms with Crippen molar-refractivity contribution < 1.29 is 9.90 Å². The number of nitrogens with two attached hydrogens (primary N) is 1. The van der Waals surface area contributed by atoms with Crippen LogP contribution in [0.25, 0.3) is 0 Å². The SMILES string of the molecule is Nc1cc(N2CCN(CCC(=O)O)CC2)nc(N[C@H]2CC[C@@H](CNCCCNC3CCCCC3)CC2)n1. The van der Waals surface area contributed by atoms with Crippen LogP contribution in [-0.4, -0.2) is 90.4 Å². The van der Waals surface area contributed by atoms with Gasteiger partial charge in [-0.2, -0.15) is 9.97 Å². The van der Waals surface area contributed by atoms with Crippen LogP contribution in [0, 0.1) is 5.92 Å². The molecule has 4 rings (SSSR count). The van der Waals surface area contributed by atoms with Crippen LogP contribution in [0.3, 0.4) is 0 Å². The van der Waals surface area contributed by atoms with Crippen LogP contribution in [0.2, 0.25) is 0 Å². The van der Waals surface area contributed by atoms with E-state index in [0.717, 1.165) is 76.4 Å². The van der Waals surface area contributed by atoms with Gasteiger partial charge < -0.3 is 31.7 Å². The summed E-state index contributed by atoms with van der Waals surface area (Å²) < 4.78 is 0. The first kappa shape index (κ1) is 27.9. The van der Waals surface area contributed by atoms with Gasteiger partial charge in [0.2, 0.25) is 5.95 Å². The Bertz CT molecular complexity index is 819. The van der Waals surface area contributed by atoms with Crippen LogP contribution in [0.15, 0.2) is 6.07 Å². The molecule has 0 unspecified atom stereocenters. The zero-order chi connectivity index (χ0) is 25.9. The van der Waals surface area contributed by atoms with E-state index in [2.05, 4.69) is 30.7 Å². The second-order valence-corrected chi connectivity index (χ2v) is 11.2. The minimum absolute atomic E-state index is 0.185. The fraction of sp³-hybridized carbons (Fsp3) is 0.815. The molecule has 0 aromatic carbocycles. The summed E-state index contributed by atoms with van der Waals surface area (Å²) in [6.45, 7) is 7.23. The van der Waals surface area contributed by atoms with Gasteiger partial charge in [0.15, 0.2) is 0 Å². The molecule has 3 aliphatic rings. The number of anilines is 3. The van der Waals surface area contributed by atoms with Gasteiger partial charge in [-0.05, 0) is 70.5 Å². The second kappa shape index (κ2) is 14.7. The minimum Gasteiger partial charge on any atom is -0.481 e. The summed E-state index contributed by atoms with van der Waals surface area (Å²) in [4.78, 5) is 24.5. The number of hydrogen-bond acceptors (Lipinski definition) is 9. The molecule has 10 heteroatoms. The third kappa shape index (κ3) is 9.57. The number of aliphatic carboxylic acids is 1. The number of nitrogens with zero attached hydrogens (tertiary/aromatic N) is 4. The van der Waals surface area contributed by atoms with Crippen LogP contribution in [0.4, 0.5) is 17.6 Å². The highest BCUT2D eigenvalue weighted by Gasteiger charge is 2.23. The number of carboxylic acids is 1. The molecule has 3 fully saturated rings. The lowest BCUT2D eigenvalue weighted by Crippen LogP contribution is -2.47. The number of nitrogen functional groups attached to an aromatic ring is 1. The summed E-state index contributed by atoms with van der Waals surface area (Å²) in [5, 5.41) is 19.9. The average Bonchev–Trinajstić information content (AvgIpc) is 2.91. The van der Waals surface area contributed by atoms with Crippen molar-refractivity contribution in [2.75, 3.05) is 68.3 Å². The lowest BCUT2D eigenvalue weighted by atomic mass is 9.86. The van der Waals surface area contributed by atoms with E-state index in [4.69, 9.17) is 15.8 Å². The quantitative estimate of drug-likeness (QED) is 0.249. The Morgan fingerprint density at radius 1 is 0.973 bits per heavy atom. The molecule has 2 aliphatic carbocycles. The molecule has 208 valence electrons. The summed E-state index contributed by atoms with van der Waals surface area (Å²) in [5.41, 5.74) is 6.13. The van der Waals surface area contributed by atoms with E-state index in [0.29, 0.717) is 24.4 Å². The molecule has 0 spiro atoms. The Balaban J connectivity index is 1.11. The number of carboxylic acid groups (broad SMARTS) is 1. The molecule has 1 aliphatic heterocycles. The normalized spacial score (nSPS) is 23.7. The molecule has 2 saturated carbocycles. The van der Waals surface area contributed by atoms with Gasteiger partial charge in [-0.3, -0.25) is 9.69 Å². The lowest BCUT2D eigenvalue weighted by molar-refractivity contribution is -0.137. The van der Waals surface area contributed by atoms with Gasteiger partial charge >= 0.3 is 5.97 Å². The third-order valence-electron chi connectivity index (χ3n) is 8.25. The number of nitrogens with one attached hydrogen (secondary N) is 3. The van der Waals surface area contributed by atoms with Gasteiger partial charge in [0.1, 0.15) is 11.6 Å². The molecule has 1 saturated heterocycles. The van der Waals surface area contributed by atoms with E-state index < -0.39 is 5.97 Å². The van der Waals surface area contributed by atoms with Crippen LogP contribution in [0.5, 0.6) is 0 Å². The summed E-state index contributed by atoms with van der Waals surface area (Å²) in [7, 11) is 0. The number of aromatic nitrogens is 2. The highest BCUT2D eigenvalue weighted by Crippen LogP contribution is 2.27. The van der Waals surface area contributed by atoms with E-state index in [1.807, 2.05) is 6.07 Å². The maximum Gasteiger partial charge on any atom is 0.304 e. The van der Waals surface area contributed by atoms with Crippen LogP contribution in [0.1, 0.15) is 70.6 Å². The fourth-order valence-corrected chi connectivity index (χ4v) is 5.96. The standard InChI is InChI=1S/C27H48N8O2/c28-24-19-25(35-17-15-34(16-18-35)14-11-26(36)37)33-27(32-24)31-23-9-7-21(8-10-23)20-29-12-4-13-30-22-5-2-1-3-6-22/h19,21-23,29-30H,1-18,20H2,(H,36,37)(H3,28,31,32,33)/t21-,23+. The molecule has 37 heavy (non-hydrogen) atoms. The van der Waals surface area contributed by atoms with Crippen molar-refractivity contribution in [1.82, 2.24) is 25.5 Å². The highest BCUT2D eigenvalue weighted by molar-refractivity contribution is 5.66. The zero-order valence-corrected chi connectivity index (χ0v) is 22.5. The predicted molar refractivity (Wildman–Crippen MR) is 149 cm³/mol. The van der Waals surface area contributed by atoms with Gasteiger partial charge in [-0.1, -0.05) is 19.3 Å². The molecule has 0 amide bonds. The molecule has 1 aromatic rings. The molecule has 0 radical (unpaired) electrons. The van der Waals surface area contributed by atoms with Gasteiger partial charge in [0.05, 0.1) is 6.42 Å². The van der Waals surface area contributed by atoms with Crippen LogP contribution in [-0.2, 0) is 4.79 Å². The molecule has 0 atom stereocenters. The van der Waals surface area contributed by atoms with Gasteiger partial charge in [0.25, 0.3) is 0 Å². The summed E-state index contributed by atoms with van der Waals surface area (Å²) in [6, 6.07) is 2.99. The van der Waals surface area contributed by atoms with Crippen molar-refractivity contribution in [2.45, 2.75) is 82.7 Å². The number of carbonyl (C=O) groups is 1. The maximum atomic E-state index is 10.8. The van der Waals surface area contributed by atoms with Crippen molar-refractivity contribution in [3.8, 4) is 0 Å². The lowest BCUT2D eigenvalue weighted by Gasteiger charge is -2.35. The minimum atomic E-state index is -0.746.